The van der Waals surface area contributed by atoms with Crippen LogP contribution in [0.3, 0.4) is 0 Å². The second kappa shape index (κ2) is 73.5. The quantitative estimate of drug-likeness (QED) is 0.0195. The molecule has 0 rings (SSSR count). The topological polar surface area (TPSA) is 111 Å². The van der Waals surface area contributed by atoms with Gasteiger partial charge in [-0.25, -0.2) is 0 Å². The number of allylic oxidation sites excluding steroid dienone is 20. The molecule has 0 aliphatic heterocycles. The summed E-state index contributed by atoms with van der Waals surface area (Å²) < 4.78 is 22.9. The summed E-state index contributed by atoms with van der Waals surface area (Å²) in [5, 5.41) is 11.9. The van der Waals surface area contributed by atoms with E-state index in [2.05, 4.69) is 135 Å². The Morgan fingerprint density at radius 2 is 0.613 bits per heavy atom. The summed E-state index contributed by atoms with van der Waals surface area (Å²) in [7, 11) is 5.94. The Morgan fingerprint density at radius 3 is 0.914 bits per heavy atom. The van der Waals surface area contributed by atoms with Gasteiger partial charge < -0.3 is 33.3 Å². The zero-order valence-electron chi connectivity index (χ0n) is 61.1. The average molecular weight is 1300 g/mol. The van der Waals surface area contributed by atoms with E-state index < -0.39 is 24.3 Å². The first-order valence-corrected chi connectivity index (χ1v) is 38.7. The number of ether oxygens (including phenoxy) is 4. The molecule has 0 bridgehead atoms. The summed E-state index contributed by atoms with van der Waals surface area (Å²) in [5.74, 6) is -2.27. The Hall–Kier alpha value is -4.31. The lowest BCUT2D eigenvalue weighted by Gasteiger charge is -2.26. The van der Waals surface area contributed by atoms with Crippen LogP contribution >= 0.6 is 0 Å². The first kappa shape index (κ1) is 88.7. The van der Waals surface area contributed by atoms with Gasteiger partial charge in [-0.1, -0.05) is 334 Å². The van der Waals surface area contributed by atoms with Gasteiger partial charge in [0.25, 0.3) is 0 Å². The van der Waals surface area contributed by atoms with E-state index in [1.807, 2.05) is 21.1 Å². The first-order chi connectivity index (χ1) is 45.6. The van der Waals surface area contributed by atoms with Crippen molar-refractivity contribution in [1.29, 1.82) is 0 Å². The molecule has 0 aromatic carbocycles. The highest BCUT2D eigenvalue weighted by Gasteiger charge is 2.22. The van der Waals surface area contributed by atoms with Crippen LogP contribution in [0.4, 0.5) is 0 Å². The fourth-order valence-corrected chi connectivity index (χ4v) is 10.8. The van der Waals surface area contributed by atoms with Gasteiger partial charge in [0.05, 0.1) is 40.3 Å². The SMILES string of the molecule is CC/C=C\C/C=C\C/C=C\C/C=C\C/C=C\C/C=C\C/C=C\CCCCCCCCCCCCCCCCCC(=O)OC(COC(=O)CCCCCCCCCCCCCCCCCC/C=C\C/C=C\C/C=C\CCCCCCC)COC(OCC[N+](C)(C)C)C(=O)[O-]. The minimum absolute atomic E-state index is 0.145. The smallest absolute Gasteiger partial charge is 0.306 e. The maximum Gasteiger partial charge on any atom is 0.306 e. The number of carbonyl (C=O) groups is 3. The van der Waals surface area contributed by atoms with Crippen molar-refractivity contribution < 1.29 is 42.9 Å². The maximum absolute atomic E-state index is 13.0. The Labute approximate surface area is 574 Å². The third-order valence-electron chi connectivity index (χ3n) is 16.7. The number of carboxylic acid groups (broad SMARTS) is 1. The molecular formula is C84H145NO8. The second-order valence-electron chi connectivity index (χ2n) is 26.9. The van der Waals surface area contributed by atoms with E-state index in [1.165, 1.54) is 205 Å². The van der Waals surface area contributed by atoms with Gasteiger partial charge in [0.2, 0.25) is 0 Å². The molecule has 0 saturated carbocycles. The van der Waals surface area contributed by atoms with Crippen LogP contribution in [0.5, 0.6) is 0 Å². The van der Waals surface area contributed by atoms with E-state index in [4.69, 9.17) is 18.9 Å². The number of esters is 2. The Kier molecular flexibility index (Phi) is 70.1. The molecule has 0 amide bonds. The lowest BCUT2D eigenvalue weighted by atomic mass is 10.0. The fourth-order valence-electron chi connectivity index (χ4n) is 10.8. The number of carbonyl (C=O) groups excluding carboxylic acids is 3. The van der Waals surface area contributed by atoms with Crippen molar-refractivity contribution >= 4 is 17.9 Å². The van der Waals surface area contributed by atoms with E-state index >= 15 is 0 Å². The predicted octanol–water partition coefficient (Wildman–Crippen LogP) is 23.4. The highest BCUT2D eigenvalue weighted by molar-refractivity contribution is 5.70. The number of quaternary nitrogens is 1. The highest BCUT2D eigenvalue weighted by atomic mass is 16.7. The molecule has 0 aromatic heterocycles. The predicted molar refractivity (Wildman–Crippen MR) is 398 cm³/mol. The van der Waals surface area contributed by atoms with Crippen LogP contribution < -0.4 is 5.11 Å². The number of nitrogens with zero attached hydrogens (tertiary/aromatic N) is 1. The monoisotopic (exact) mass is 1300 g/mol. The van der Waals surface area contributed by atoms with E-state index in [0.717, 1.165) is 96.3 Å². The van der Waals surface area contributed by atoms with Crippen molar-refractivity contribution in [1.82, 2.24) is 0 Å². The summed E-state index contributed by atoms with van der Waals surface area (Å²) in [6.07, 6.45) is 102. The molecule has 0 aliphatic carbocycles. The highest BCUT2D eigenvalue weighted by Crippen LogP contribution is 2.18. The van der Waals surface area contributed by atoms with Crippen LogP contribution in [-0.2, 0) is 33.3 Å². The molecule has 534 valence electrons. The van der Waals surface area contributed by atoms with Crippen LogP contribution in [0.15, 0.2) is 122 Å². The van der Waals surface area contributed by atoms with Crippen LogP contribution in [0.1, 0.15) is 335 Å². The number of hydrogen-bond acceptors (Lipinski definition) is 8. The van der Waals surface area contributed by atoms with Crippen molar-refractivity contribution in [2.75, 3.05) is 47.5 Å². The largest absolute Gasteiger partial charge is 0.545 e. The molecule has 9 heteroatoms. The molecule has 0 saturated heterocycles. The number of hydrogen-bond donors (Lipinski definition) is 0. The molecule has 0 aliphatic rings. The molecular weight excluding hydrogens is 1150 g/mol. The number of rotatable bonds is 71. The number of likely N-dealkylation sites (N-methyl/N-ethyl adjacent to an activating group) is 1. The second-order valence-corrected chi connectivity index (χ2v) is 26.9. The zero-order valence-corrected chi connectivity index (χ0v) is 61.1. The van der Waals surface area contributed by atoms with Gasteiger partial charge >= 0.3 is 11.9 Å². The Balaban J connectivity index is 4.06. The molecule has 93 heavy (non-hydrogen) atoms. The van der Waals surface area contributed by atoms with Gasteiger partial charge in [0.15, 0.2) is 12.4 Å². The molecule has 0 aromatic rings. The normalized spacial score (nSPS) is 13.3. The summed E-state index contributed by atoms with van der Waals surface area (Å²) in [5.41, 5.74) is 0. The van der Waals surface area contributed by atoms with Crippen LogP contribution in [0.25, 0.3) is 0 Å². The summed E-state index contributed by atoms with van der Waals surface area (Å²) in [6, 6.07) is 0. The van der Waals surface area contributed by atoms with Crippen LogP contribution in [-0.4, -0.2) is 82.3 Å². The molecule has 0 heterocycles. The minimum Gasteiger partial charge on any atom is -0.545 e. The van der Waals surface area contributed by atoms with Crippen LogP contribution in [0, 0.1) is 0 Å². The summed E-state index contributed by atoms with van der Waals surface area (Å²) >= 11 is 0. The molecule has 0 radical (unpaired) electrons. The van der Waals surface area contributed by atoms with E-state index in [1.54, 1.807) is 0 Å². The zero-order chi connectivity index (χ0) is 67.5. The van der Waals surface area contributed by atoms with E-state index in [-0.39, 0.29) is 38.6 Å². The summed E-state index contributed by atoms with van der Waals surface area (Å²) in [6.45, 7) is 4.65. The van der Waals surface area contributed by atoms with Gasteiger partial charge in [-0.15, -0.1) is 0 Å². The van der Waals surface area contributed by atoms with E-state index in [0.29, 0.717) is 17.4 Å². The van der Waals surface area contributed by atoms with Crippen molar-refractivity contribution in [3.8, 4) is 0 Å². The third-order valence-corrected chi connectivity index (χ3v) is 16.7. The number of unbranched alkanes of at least 4 members (excludes halogenated alkanes) is 36. The van der Waals surface area contributed by atoms with Gasteiger partial charge in [0, 0.05) is 12.8 Å². The van der Waals surface area contributed by atoms with Crippen LogP contribution in [0.2, 0.25) is 0 Å². The molecule has 2 unspecified atom stereocenters. The maximum atomic E-state index is 13.0. The number of carboxylic acids is 1. The fraction of sp³-hybridized carbons (Fsp3) is 0.726. The number of aliphatic carboxylic acids is 1. The average Bonchev–Trinajstić information content (AvgIpc) is 3.73. The van der Waals surface area contributed by atoms with Gasteiger partial charge in [0.1, 0.15) is 13.2 Å². The third kappa shape index (κ3) is 74.9. The first-order valence-electron chi connectivity index (χ1n) is 38.7. The van der Waals surface area contributed by atoms with Gasteiger partial charge in [-0.3, -0.25) is 9.59 Å². The molecule has 2 atom stereocenters. The molecule has 0 N–H and O–H groups in total. The lowest BCUT2D eigenvalue weighted by molar-refractivity contribution is -0.870. The standard InChI is InChI=1S/C84H145NO8/c1-6-8-10-12-14-16-18-20-22-24-26-28-30-32-34-36-38-39-40-41-42-43-45-47-49-51-53-55-57-59-61-63-65-67-69-71-73-75-82(87)93-80(79-92-84(83(88)89)90-77-76-85(3,4)5)78-91-81(86)74-72-70-68-66-64-62-60-58-56-54-52-50-48-46-44-37-35-33-31-29-27-25-23-21-19-17-15-13-11-9-7-2/h8,10,14,16,19-22,25-28,31-34,38-39,41-42,80,84H,6-7,9,11-13,15,17-18,23-24,29-30,35-37,40,43-79H2,1-5H3/b10-8-,16-14-,21-19-,22-20-,27-25-,28-26-,33-31-,34-32-,39-38-,42-41-. The Morgan fingerprint density at radius 1 is 0.333 bits per heavy atom. The van der Waals surface area contributed by atoms with Crippen molar-refractivity contribution in [2.24, 2.45) is 0 Å². The summed E-state index contributed by atoms with van der Waals surface area (Å²) in [4.78, 5) is 37.6. The van der Waals surface area contributed by atoms with Crippen molar-refractivity contribution in [3.05, 3.63) is 122 Å². The minimum atomic E-state index is -1.63. The van der Waals surface area contributed by atoms with Gasteiger partial charge in [-0.05, 0) is 109 Å². The van der Waals surface area contributed by atoms with E-state index in [9.17, 15) is 19.5 Å². The Bertz CT molecular complexity index is 1950. The van der Waals surface area contributed by atoms with Crippen molar-refractivity contribution in [2.45, 2.75) is 347 Å². The molecule has 9 nitrogen and oxygen atoms in total. The van der Waals surface area contributed by atoms with Gasteiger partial charge in [-0.2, -0.15) is 0 Å². The molecule has 0 fully saturated rings. The van der Waals surface area contributed by atoms with Crippen molar-refractivity contribution in [3.63, 3.8) is 0 Å². The lowest BCUT2D eigenvalue weighted by Crippen LogP contribution is -2.44. The molecule has 0 spiro atoms.